The van der Waals surface area contributed by atoms with E-state index in [9.17, 15) is 22.8 Å². The molecule has 2 aromatic rings. The molecule has 4 nitrogen and oxygen atoms in total. The van der Waals surface area contributed by atoms with E-state index in [1.807, 2.05) is 0 Å². The second-order valence-corrected chi connectivity index (χ2v) is 6.15. The molecule has 0 radical (unpaired) electrons. The summed E-state index contributed by atoms with van der Waals surface area (Å²) in [6.45, 7) is 0. The fourth-order valence-corrected chi connectivity index (χ4v) is 2.93. The highest BCUT2D eigenvalue weighted by molar-refractivity contribution is 8.00. The molecule has 0 saturated heterocycles. The van der Waals surface area contributed by atoms with Gasteiger partial charge in [-0.1, -0.05) is 30.3 Å². The van der Waals surface area contributed by atoms with Gasteiger partial charge in [0.1, 0.15) is 5.25 Å². The maximum absolute atomic E-state index is 12.6. The molecule has 0 aliphatic carbocycles. The Morgan fingerprint density at radius 1 is 1.04 bits per heavy atom. The van der Waals surface area contributed by atoms with Gasteiger partial charge in [-0.05, 0) is 29.8 Å². The molecule has 0 heterocycles. The van der Waals surface area contributed by atoms with Crippen molar-refractivity contribution >= 4 is 29.3 Å². The zero-order chi connectivity index (χ0) is 18.4. The smallest absolute Gasteiger partial charge is 0.416 e. The van der Waals surface area contributed by atoms with Gasteiger partial charge >= 0.3 is 12.1 Å². The average molecular weight is 369 g/mol. The summed E-state index contributed by atoms with van der Waals surface area (Å²) in [7, 11) is 0. The molecule has 1 atom stereocenters. The summed E-state index contributed by atoms with van der Waals surface area (Å²) in [5.74, 6) is -1.84. The van der Waals surface area contributed by atoms with E-state index < -0.39 is 28.9 Å². The van der Waals surface area contributed by atoms with Crippen molar-refractivity contribution in [1.29, 1.82) is 0 Å². The van der Waals surface area contributed by atoms with E-state index in [2.05, 4.69) is 5.32 Å². The number of alkyl halides is 3. The summed E-state index contributed by atoms with van der Waals surface area (Å²) >= 11 is 0.926. The minimum atomic E-state index is -4.45. The quantitative estimate of drug-likeness (QED) is 0.801. The number of carbonyl (C=O) groups is 2. The van der Waals surface area contributed by atoms with Gasteiger partial charge in [0, 0.05) is 5.69 Å². The number of aliphatic carboxylic acids is 1. The number of amides is 1. The zero-order valence-electron chi connectivity index (χ0n) is 12.8. The summed E-state index contributed by atoms with van der Waals surface area (Å²) in [6, 6.07) is 12.6. The van der Waals surface area contributed by atoms with Gasteiger partial charge in [0.2, 0.25) is 5.91 Å². The lowest BCUT2D eigenvalue weighted by molar-refractivity contribution is -0.137. The highest BCUT2D eigenvalue weighted by Crippen LogP contribution is 2.32. The van der Waals surface area contributed by atoms with Crippen LogP contribution in [-0.2, 0) is 15.8 Å². The molecule has 8 heteroatoms. The summed E-state index contributed by atoms with van der Waals surface area (Å²) in [5, 5.41) is 10.6. The molecule has 0 fully saturated rings. The normalized spacial score (nSPS) is 12.4. The van der Waals surface area contributed by atoms with E-state index in [1.165, 1.54) is 0 Å². The number of carboxylic acids is 1. The highest BCUT2D eigenvalue weighted by Gasteiger charge is 2.30. The minimum absolute atomic E-state index is 0.204. The Balaban J connectivity index is 2.15. The number of carbonyl (C=O) groups excluding carboxylic acids is 1. The van der Waals surface area contributed by atoms with Crippen LogP contribution in [0.15, 0.2) is 54.6 Å². The molecule has 0 aliphatic heterocycles. The van der Waals surface area contributed by atoms with E-state index in [0.717, 1.165) is 36.0 Å². The fourth-order valence-electron chi connectivity index (χ4n) is 2.06. The van der Waals surface area contributed by atoms with Crippen LogP contribution in [-0.4, -0.2) is 22.7 Å². The third-order valence-corrected chi connectivity index (χ3v) is 4.43. The molecule has 0 saturated carbocycles. The molecule has 0 spiro atoms. The predicted molar refractivity (Wildman–Crippen MR) is 89.4 cm³/mol. The van der Waals surface area contributed by atoms with Crippen molar-refractivity contribution in [3.63, 3.8) is 0 Å². The Morgan fingerprint density at radius 2 is 1.64 bits per heavy atom. The molecule has 1 amide bonds. The van der Waals surface area contributed by atoms with E-state index in [-0.39, 0.29) is 11.4 Å². The summed E-state index contributed by atoms with van der Waals surface area (Å²) in [4.78, 5) is 23.2. The largest absolute Gasteiger partial charge is 0.481 e. The number of hydrogen-bond acceptors (Lipinski definition) is 3. The van der Waals surface area contributed by atoms with Crippen LogP contribution >= 0.6 is 11.8 Å². The van der Waals surface area contributed by atoms with Gasteiger partial charge < -0.3 is 10.4 Å². The Kier molecular flexibility index (Phi) is 6.08. The van der Waals surface area contributed by atoms with Gasteiger partial charge in [-0.25, -0.2) is 0 Å². The Morgan fingerprint density at radius 3 is 2.16 bits per heavy atom. The third kappa shape index (κ3) is 5.53. The lowest BCUT2D eigenvalue weighted by atomic mass is 10.1. The predicted octanol–water partition coefficient (Wildman–Crippen LogP) is 4.20. The summed E-state index contributed by atoms with van der Waals surface area (Å²) in [5.41, 5.74) is -0.00150. The SMILES string of the molecule is O=C(O)CS[C@@H](C(=O)Nc1ccc(C(F)(F)F)cc1)c1ccccc1. The first-order valence-electron chi connectivity index (χ1n) is 7.14. The molecule has 25 heavy (non-hydrogen) atoms. The van der Waals surface area contributed by atoms with Gasteiger partial charge in [-0.2, -0.15) is 13.2 Å². The van der Waals surface area contributed by atoms with Crippen LogP contribution in [0, 0.1) is 0 Å². The van der Waals surface area contributed by atoms with E-state index in [1.54, 1.807) is 30.3 Å². The standard InChI is InChI=1S/C17H14F3NO3S/c18-17(19,20)12-6-8-13(9-7-12)21-16(24)15(25-10-14(22)23)11-4-2-1-3-5-11/h1-9,15H,10H2,(H,21,24)(H,22,23)/t15-/m1/s1. The maximum Gasteiger partial charge on any atom is 0.416 e. The second-order valence-electron chi connectivity index (χ2n) is 5.06. The first-order chi connectivity index (χ1) is 11.8. The van der Waals surface area contributed by atoms with Gasteiger partial charge in [0.15, 0.2) is 0 Å². The molecule has 0 unspecified atom stereocenters. The first-order valence-corrected chi connectivity index (χ1v) is 8.18. The van der Waals surface area contributed by atoms with Crippen molar-refractivity contribution < 1.29 is 27.9 Å². The summed E-state index contributed by atoms with van der Waals surface area (Å²) < 4.78 is 37.7. The number of thioether (sulfide) groups is 1. The van der Waals surface area contributed by atoms with Gasteiger partial charge in [0.05, 0.1) is 11.3 Å². The van der Waals surface area contributed by atoms with Crippen LogP contribution in [0.2, 0.25) is 0 Å². The number of carboxylic acid groups (broad SMARTS) is 1. The third-order valence-electron chi connectivity index (χ3n) is 3.19. The van der Waals surface area contributed by atoms with Crippen molar-refractivity contribution in [3.05, 3.63) is 65.7 Å². The summed E-state index contributed by atoms with van der Waals surface area (Å²) in [6.07, 6.45) is -4.45. The molecular formula is C17H14F3NO3S. The van der Waals surface area contributed by atoms with E-state index in [0.29, 0.717) is 5.56 Å². The number of halogens is 3. The Bertz CT molecular complexity index is 733. The molecule has 2 rings (SSSR count). The maximum atomic E-state index is 12.6. The number of benzene rings is 2. The van der Waals surface area contributed by atoms with Crippen LogP contribution in [0.5, 0.6) is 0 Å². The topological polar surface area (TPSA) is 66.4 Å². The molecule has 2 N–H and O–H groups in total. The number of nitrogens with one attached hydrogen (secondary N) is 1. The van der Waals surface area contributed by atoms with E-state index >= 15 is 0 Å². The Labute approximate surface area is 146 Å². The minimum Gasteiger partial charge on any atom is -0.481 e. The monoisotopic (exact) mass is 369 g/mol. The fraction of sp³-hybridized carbons (Fsp3) is 0.176. The molecular weight excluding hydrogens is 355 g/mol. The van der Waals surface area contributed by atoms with Crippen LogP contribution < -0.4 is 5.32 Å². The number of anilines is 1. The van der Waals surface area contributed by atoms with Crippen LogP contribution in [0.3, 0.4) is 0 Å². The lowest BCUT2D eigenvalue weighted by Crippen LogP contribution is -2.20. The van der Waals surface area contributed by atoms with Crippen LogP contribution in [0.1, 0.15) is 16.4 Å². The van der Waals surface area contributed by atoms with Crippen LogP contribution in [0.4, 0.5) is 18.9 Å². The second kappa shape index (κ2) is 8.06. The first kappa shape index (κ1) is 18.9. The van der Waals surface area contributed by atoms with Crippen molar-refractivity contribution in [3.8, 4) is 0 Å². The lowest BCUT2D eigenvalue weighted by Gasteiger charge is -2.16. The van der Waals surface area contributed by atoms with Crippen molar-refractivity contribution in [1.82, 2.24) is 0 Å². The average Bonchev–Trinajstić information content (AvgIpc) is 2.55. The Hall–Kier alpha value is -2.48. The van der Waals surface area contributed by atoms with Crippen molar-refractivity contribution in [2.45, 2.75) is 11.4 Å². The van der Waals surface area contributed by atoms with Crippen molar-refractivity contribution in [2.75, 3.05) is 11.1 Å². The molecule has 2 aromatic carbocycles. The molecule has 132 valence electrons. The van der Waals surface area contributed by atoms with Crippen LogP contribution in [0.25, 0.3) is 0 Å². The van der Waals surface area contributed by atoms with Gasteiger partial charge in [0.25, 0.3) is 0 Å². The number of rotatable bonds is 6. The number of hydrogen-bond donors (Lipinski definition) is 2. The van der Waals surface area contributed by atoms with Gasteiger partial charge in [-0.3, -0.25) is 9.59 Å². The zero-order valence-corrected chi connectivity index (χ0v) is 13.6. The molecule has 0 aliphatic rings. The van der Waals surface area contributed by atoms with E-state index in [4.69, 9.17) is 5.11 Å². The van der Waals surface area contributed by atoms with Crippen molar-refractivity contribution in [2.24, 2.45) is 0 Å². The molecule has 0 aromatic heterocycles. The van der Waals surface area contributed by atoms with Gasteiger partial charge in [-0.15, -0.1) is 11.8 Å². The molecule has 0 bridgehead atoms. The highest BCUT2D eigenvalue weighted by atomic mass is 32.2.